The second-order valence-corrected chi connectivity index (χ2v) is 6.18. The number of nitrogens with one attached hydrogen (secondary N) is 1. The minimum Gasteiger partial charge on any atom is -0.310 e. The summed E-state index contributed by atoms with van der Waals surface area (Å²) < 4.78 is 1.89. The number of amides is 1. The van der Waals surface area contributed by atoms with Crippen LogP contribution < -0.4 is 5.32 Å². The number of hydrogen-bond donors (Lipinski definition) is 1. The van der Waals surface area contributed by atoms with E-state index in [1.165, 1.54) is 11.8 Å². The number of carbonyl (C=O) groups excluding carboxylic acids is 1. The van der Waals surface area contributed by atoms with E-state index in [-0.39, 0.29) is 11.7 Å². The number of hydrogen-bond acceptors (Lipinski definition) is 5. The monoisotopic (exact) mass is 339 g/mol. The average molecular weight is 339 g/mol. The lowest BCUT2D eigenvalue weighted by molar-refractivity contribution is -0.113. The molecule has 2 heterocycles. The zero-order chi connectivity index (χ0) is 16.9. The summed E-state index contributed by atoms with van der Waals surface area (Å²) in [7, 11) is 1.89. The highest BCUT2D eigenvalue weighted by atomic mass is 32.2. The third-order valence-electron chi connectivity index (χ3n) is 3.47. The van der Waals surface area contributed by atoms with Gasteiger partial charge < -0.3 is 9.88 Å². The SMILES string of the molecule is Cc1cccnc1NC(=O)CSc1nnc(-c2ccccc2)n1C. The number of thioether (sulfide) groups is 1. The first-order valence-electron chi connectivity index (χ1n) is 7.44. The van der Waals surface area contributed by atoms with E-state index in [0.717, 1.165) is 17.0 Å². The van der Waals surface area contributed by atoms with Gasteiger partial charge in [-0.05, 0) is 18.6 Å². The standard InChI is InChI=1S/C17H17N5OS/c1-12-7-6-10-18-15(12)19-14(23)11-24-17-21-20-16(22(17)2)13-8-4-3-5-9-13/h3-10H,11H2,1-2H3,(H,18,19,23). The minimum absolute atomic E-state index is 0.119. The van der Waals surface area contributed by atoms with Crippen molar-refractivity contribution in [2.75, 3.05) is 11.1 Å². The Balaban J connectivity index is 1.64. The number of anilines is 1. The van der Waals surface area contributed by atoms with Crippen molar-refractivity contribution in [2.45, 2.75) is 12.1 Å². The second-order valence-electron chi connectivity index (χ2n) is 5.24. The Morgan fingerprint density at radius 1 is 1.17 bits per heavy atom. The van der Waals surface area contributed by atoms with Gasteiger partial charge >= 0.3 is 0 Å². The number of nitrogens with zero attached hydrogens (tertiary/aromatic N) is 4. The van der Waals surface area contributed by atoms with Gasteiger partial charge in [0.2, 0.25) is 5.91 Å². The molecule has 0 aliphatic carbocycles. The van der Waals surface area contributed by atoms with Crippen molar-refractivity contribution < 1.29 is 4.79 Å². The summed E-state index contributed by atoms with van der Waals surface area (Å²) in [5.74, 6) is 1.49. The summed E-state index contributed by atoms with van der Waals surface area (Å²) in [6.07, 6.45) is 1.66. The highest BCUT2D eigenvalue weighted by Crippen LogP contribution is 2.22. The maximum Gasteiger partial charge on any atom is 0.236 e. The predicted octanol–water partition coefficient (Wildman–Crippen LogP) is 2.92. The highest BCUT2D eigenvalue weighted by Gasteiger charge is 2.13. The van der Waals surface area contributed by atoms with Crippen molar-refractivity contribution >= 4 is 23.5 Å². The molecule has 0 aliphatic heterocycles. The molecule has 0 saturated carbocycles. The fraction of sp³-hybridized carbons (Fsp3) is 0.176. The number of carbonyl (C=O) groups is 1. The molecule has 0 saturated heterocycles. The van der Waals surface area contributed by atoms with Crippen LogP contribution in [0.25, 0.3) is 11.4 Å². The Bertz CT molecular complexity index is 847. The number of aromatic nitrogens is 4. The molecule has 0 radical (unpaired) electrons. The maximum absolute atomic E-state index is 12.1. The molecular weight excluding hydrogens is 322 g/mol. The van der Waals surface area contributed by atoms with Crippen LogP contribution in [-0.2, 0) is 11.8 Å². The predicted molar refractivity (Wildman–Crippen MR) is 94.8 cm³/mol. The molecular formula is C17H17N5OS. The number of aryl methyl sites for hydroxylation is 1. The van der Waals surface area contributed by atoms with Crippen LogP contribution in [-0.4, -0.2) is 31.4 Å². The molecule has 1 amide bonds. The molecule has 0 spiro atoms. The van der Waals surface area contributed by atoms with E-state index in [1.54, 1.807) is 6.20 Å². The van der Waals surface area contributed by atoms with Crippen molar-refractivity contribution in [1.82, 2.24) is 19.7 Å². The molecule has 0 fully saturated rings. The van der Waals surface area contributed by atoms with Gasteiger partial charge in [-0.1, -0.05) is 48.2 Å². The van der Waals surface area contributed by atoms with Gasteiger partial charge in [-0.25, -0.2) is 4.98 Å². The highest BCUT2D eigenvalue weighted by molar-refractivity contribution is 7.99. The molecule has 0 aliphatic rings. The van der Waals surface area contributed by atoms with Crippen LogP contribution in [0.5, 0.6) is 0 Å². The Kier molecular flexibility index (Phi) is 4.90. The van der Waals surface area contributed by atoms with Crippen LogP contribution in [0.4, 0.5) is 5.82 Å². The Morgan fingerprint density at radius 2 is 1.96 bits per heavy atom. The van der Waals surface area contributed by atoms with Gasteiger partial charge in [0, 0.05) is 18.8 Å². The largest absolute Gasteiger partial charge is 0.310 e. The van der Waals surface area contributed by atoms with Crippen LogP contribution in [0.3, 0.4) is 0 Å². The Labute approximate surface area is 144 Å². The summed E-state index contributed by atoms with van der Waals surface area (Å²) in [5.41, 5.74) is 1.92. The van der Waals surface area contributed by atoms with Gasteiger partial charge in [-0.2, -0.15) is 0 Å². The number of benzene rings is 1. The normalized spacial score (nSPS) is 10.6. The third kappa shape index (κ3) is 3.62. The van der Waals surface area contributed by atoms with E-state index in [9.17, 15) is 4.79 Å². The smallest absolute Gasteiger partial charge is 0.236 e. The summed E-state index contributed by atoms with van der Waals surface area (Å²) in [6, 6.07) is 13.6. The topological polar surface area (TPSA) is 72.7 Å². The van der Waals surface area contributed by atoms with Crippen molar-refractivity contribution in [1.29, 1.82) is 0 Å². The van der Waals surface area contributed by atoms with Gasteiger partial charge in [-0.3, -0.25) is 4.79 Å². The van der Waals surface area contributed by atoms with Gasteiger partial charge in [-0.15, -0.1) is 10.2 Å². The summed E-state index contributed by atoms with van der Waals surface area (Å²) >= 11 is 1.35. The van der Waals surface area contributed by atoms with Crippen molar-refractivity contribution in [3.63, 3.8) is 0 Å². The molecule has 7 heteroatoms. The average Bonchev–Trinajstić information content (AvgIpc) is 2.97. The van der Waals surface area contributed by atoms with Gasteiger partial charge in [0.1, 0.15) is 5.82 Å². The minimum atomic E-state index is -0.119. The first-order chi connectivity index (χ1) is 11.6. The van der Waals surface area contributed by atoms with Gasteiger partial charge in [0.25, 0.3) is 0 Å². The fourth-order valence-electron chi connectivity index (χ4n) is 2.19. The molecule has 122 valence electrons. The summed E-state index contributed by atoms with van der Waals surface area (Å²) in [5, 5.41) is 11.9. The number of pyridine rings is 1. The molecule has 0 atom stereocenters. The molecule has 3 aromatic rings. The molecule has 1 aromatic carbocycles. The second kappa shape index (κ2) is 7.27. The molecule has 3 rings (SSSR count). The van der Waals surface area contributed by atoms with Gasteiger partial charge in [0.05, 0.1) is 5.75 Å². The maximum atomic E-state index is 12.1. The van der Waals surface area contributed by atoms with E-state index in [0.29, 0.717) is 11.0 Å². The van der Waals surface area contributed by atoms with E-state index in [1.807, 2.05) is 61.0 Å². The zero-order valence-corrected chi connectivity index (χ0v) is 14.2. The van der Waals surface area contributed by atoms with Crippen LogP contribution in [0.1, 0.15) is 5.56 Å². The van der Waals surface area contributed by atoms with Crippen LogP contribution in [0, 0.1) is 6.92 Å². The molecule has 2 aromatic heterocycles. The van der Waals surface area contributed by atoms with E-state index in [2.05, 4.69) is 20.5 Å². The van der Waals surface area contributed by atoms with E-state index >= 15 is 0 Å². The van der Waals surface area contributed by atoms with E-state index < -0.39 is 0 Å². The first kappa shape index (κ1) is 16.2. The van der Waals surface area contributed by atoms with Crippen molar-refractivity contribution in [2.24, 2.45) is 7.05 Å². The fourth-order valence-corrected chi connectivity index (χ4v) is 2.91. The Hall–Kier alpha value is -2.67. The Morgan fingerprint density at radius 3 is 2.71 bits per heavy atom. The van der Waals surface area contributed by atoms with Crippen molar-refractivity contribution in [3.8, 4) is 11.4 Å². The molecule has 24 heavy (non-hydrogen) atoms. The molecule has 1 N–H and O–H groups in total. The summed E-state index contributed by atoms with van der Waals surface area (Å²) in [6.45, 7) is 1.91. The first-order valence-corrected chi connectivity index (χ1v) is 8.43. The van der Waals surface area contributed by atoms with Crippen LogP contribution in [0.15, 0.2) is 53.8 Å². The molecule has 6 nitrogen and oxygen atoms in total. The van der Waals surface area contributed by atoms with Gasteiger partial charge in [0.15, 0.2) is 11.0 Å². The molecule has 0 bridgehead atoms. The van der Waals surface area contributed by atoms with Crippen molar-refractivity contribution in [3.05, 3.63) is 54.2 Å². The lowest BCUT2D eigenvalue weighted by Crippen LogP contribution is -2.16. The number of rotatable bonds is 5. The van der Waals surface area contributed by atoms with E-state index in [4.69, 9.17) is 0 Å². The third-order valence-corrected chi connectivity index (χ3v) is 4.49. The van der Waals surface area contributed by atoms with Crippen LogP contribution in [0.2, 0.25) is 0 Å². The quantitative estimate of drug-likeness (QED) is 0.724. The summed E-state index contributed by atoms with van der Waals surface area (Å²) in [4.78, 5) is 16.3. The molecule has 0 unspecified atom stereocenters. The zero-order valence-electron chi connectivity index (χ0n) is 13.4. The lowest BCUT2D eigenvalue weighted by Gasteiger charge is -2.07. The van der Waals surface area contributed by atoms with Crippen LogP contribution >= 0.6 is 11.8 Å². The lowest BCUT2D eigenvalue weighted by atomic mass is 10.2.